The Morgan fingerprint density at radius 2 is 1.79 bits per heavy atom. The van der Waals surface area contributed by atoms with Crippen LogP contribution in [-0.4, -0.2) is 14.2 Å². The molecule has 0 amide bonds. The molecule has 1 nitrogen and oxygen atoms in total. The maximum absolute atomic E-state index is 5.67. The van der Waals surface area contributed by atoms with Crippen molar-refractivity contribution in [2.24, 2.45) is 0 Å². The van der Waals surface area contributed by atoms with E-state index in [4.69, 9.17) is 4.74 Å². The largest absolute Gasteiger partial charge is 0.491 e. The van der Waals surface area contributed by atoms with Gasteiger partial charge in [-0.1, -0.05) is 37.0 Å². The van der Waals surface area contributed by atoms with Crippen molar-refractivity contribution in [3.63, 3.8) is 0 Å². The quantitative estimate of drug-likeness (QED) is 0.694. The van der Waals surface area contributed by atoms with Crippen LogP contribution in [0.3, 0.4) is 0 Å². The Hall–Kier alpha value is -0.763. The predicted molar refractivity (Wildman–Crippen MR) is 65.2 cm³/mol. The summed E-state index contributed by atoms with van der Waals surface area (Å²) in [5.74, 6) is 1.000. The van der Waals surface area contributed by atoms with E-state index in [1.165, 1.54) is 5.19 Å². The van der Waals surface area contributed by atoms with Crippen molar-refractivity contribution in [2.75, 3.05) is 0 Å². The molecule has 2 heteroatoms. The molecule has 0 aromatic heterocycles. The second-order valence-corrected chi connectivity index (χ2v) is 10.0. The van der Waals surface area contributed by atoms with Gasteiger partial charge in [-0.15, -0.1) is 0 Å². The number of hydrogen-bond donors (Lipinski definition) is 0. The molecule has 0 saturated heterocycles. The standard InChI is InChI=1S/C12H20OSi/c1-10(2)13-11-7-6-8-12(9-11)14(3,4)5/h6-10H,1-5H3. The SMILES string of the molecule is CC(C)Oc1cccc([Si](C)(C)C)c1. The number of benzene rings is 1. The lowest BCUT2D eigenvalue weighted by Gasteiger charge is -2.18. The van der Waals surface area contributed by atoms with Crippen LogP contribution in [0, 0.1) is 0 Å². The smallest absolute Gasteiger partial charge is 0.119 e. The first-order chi connectivity index (χ1) is 6.39. The van der Waals surface area contributed by atoms with Crippen LogP contribution in [-0.2, 0) is 0 Å². The van der Waals surface area contributed by atoms with E-state index < -0.39 is 8.07 Å². The Kier molecular flexibility index (Phi) is 3.37. The van der Waals surface area contributed by atoms with Crippen molar-refractivity contribution < 1.29 is 4.74 Å². The zero-order chi connectivity index (χ0) is 10.8. The number of ether oxygens (including phenoxy) is 1. The number of hydrogen-bond acceptors (Lipinski definition) is 1. The van der Waals surface area contributed by atoms with Gasteiger partial charge in [0.25, 0.3) is 0 Å². The summed E-state index contributed by atoms with van der Waals surface area (Å²) in [6.07, 6.45) is 0.256. The van der Waals surface area contributed by atoms with Gasteiger partial charge >= 0.3 is 0 Å². The molecule has 14 heavy (non-hydrogen) atoms. The third kappa shape index (κ3) is 3.18. The summed E-state index contributed by atoms with van der Waals surface area (Å²) >= 11 is 0. The molecule has 0 heterocycles. The first kappa shape index (κ1) is 11.3. The summed E-state index contributed by atoms with van der Waals surface area (Å²) in [6, 6.07) is 8.51. The highest BCUT2D eigenvalue weighted by Crippen LogP contribution is 2.12. The van der Waals surface area contributed by atoms with Gasteiger partial charge in [0.1, 0.15) is 5.75 Å². The van der Waals surface area contributed by atoms with Gasteiger partial charge < -0.3 is 4.74 Å². The normalized spacial score (nSPS) is 11.9. The fraction of sp³-hybridized carbons (Fsp3) is 0.500. The van der Waals surface area contributed by atoms with Crippen LogP contribution in [0.4, 0.5) is 0 Å². The molecule has 1 aromatic rings. The minimum Gasteiger partial charge on any atom is -0.491 e. The zero-order valence-electron chi connectivity index (χ0n) is 9.79. The molecule has 78 valence electrons. The lowest BCUT2D eigenvalue weighted by molar-refractivity contribution is 0.242. The van der Waals surface area contributed by atoms with Gasteiger partial charge in [-0.25, -0.2) is 0 Å². The number of rotatable bonds is 3. The maximum atomic E-state index is 5.67. The van der Waals surface area contributed by atoms with Crippen molar-refractivity contribution in [3.8, 4) is 5.75 Å². The van der Waals surface area contributed by atoms with Gasteiger partial charge in [-0.2, -0.15) is 0 Å². The second kappa shape index (κ2) is 4.18. The molecule has 0 atom stereocenters. The zero-order valence-corrected chi connectivity index (χ0v) is 10.8. The van der Waals surface area contributed by atoms with E-state index in [2.05, 4.69) is 51.7 Å². The highest BCUT2D eigenvalue weighted by molar-refractivity contribution is 6.88. The van der Waals surface area contributed by atoms with Gasteiger partial charge in [0.15, 0.2) is 0 Å². The molecule has 0 fully saturated rings. The third-order valence-corrected chi connectivity index (χ3v) is 4.11. The monoisotopic (exact) mass is 208 g/mol. The lowest BCUT2D eigenvalue weighted by Crippen LogP contribution is -2.37. The van der Waals surface area contributed by atoms with Gasteiger partial charge in [-0.3, -0.25) is 0 Å². The molecule has 0 spiro atoms. The maximum Gasteiger partial charge on any atom is 0.119 e. The molecule has 0 unspecified atom stereocenters. The highest BCUT2D eigenvalue weighted by Gasteiger charge is 2.16. The predicted octanol–water partition coefficient (Wildman–Crippen LogP) is 3.02. The fourth-order valence-electron chi connectivity index (χ4n) is 1.31. The topological polar surface area (TPSA) is 9.23 Å². The van der Waals surface area contributed by atoms with E-state index in [1.807, 2.05) is 6.07 Å². The van der Waals surface area contributed by atoms with Crippen LogP contribution in [0.25, 0.3) is 0 Å². The summed E-state index contributed by atoms with van der Waals surface area (Å²) in [5.41, 5.74) is 0. The van der Waals surface area contributed by atoms with E-state index in [1.54, 1.807) is 0 Å². The molecule has 1 aromatic carbocycles. The van der Waals surface area contributed by atoms with E-state index in [0.29, 0.717) is 0 Å². The molecule has 0 aliphatic carbocycles. The highest BCUT2D eigenvalue weighted by atomic mass is 28.3. The average Bonchev–Trinajstić information content (AvgIpc) is 2.01. The summed E-state index contributed by atoms with van der Waals surface area (Å²) < 4.78 is 5.67. The molecule has 1 rings (SSSR count). The minimum absolute atomic E-state index is 0.256. The van der Waals surface area contributed by atoms with Crippen LogP contribution < -0.4 is 9.92 Å². The first-order valence-electron chi connectivity index (χ1n) is 5.17. The molecular formula is C12H20OSi. The van der Waals surface area contributed by atoms with Crippen molar-refractivity contribution >= 4 is 13.3 Å². The Labute approximate surface area is 88.1 Å². The van der Waals surface area contributed by atoms with Crippen molar-refractivity contribution in [1.29, 1.82) is 0 Å². The minimum atomic E-state index is -1.20. The van der Waals surface area contributed by atoms with Crippen molar-refractivity contribution in [1.82, 2.24) is 0 Å². The molecule has 0 N–H and O–H groups in total. The van der Waals surface area contributed by atoms with Gasteiger partial charge in [0, 0.05) is 0 Å². The van der Waals surface area contributed by atoms with E-state index in [0.717, 1.165) is 5.75 Å². The average molecular weight is 208 g/mol. The van der Waals surface area contributed by atoms with Crippen molar-refractivity contribution in [2.45, 2.75) is 39.6 Å². The fourth-order valence-corrected chi connectivity index (χ4v) is 2.48. The van der Waals surface area contributed by atoms with E-state index in [-0.39, 0.29) is 6.10 Å². The Morgan fingerprint density at radius 3 is 2.29 bits per heavy atom. The third-order valence-electron chi connectivity index (χ3n) is 2.07. The molecule has 0 aliphatic rings. The van der Waals surface area contributed by atoms with Crippen LogP contribution in [0.2, 0.25) is 19.6 Å². The van der Waals surface area contributed by atoms with Gasteiger partial charge in [-0.05, 0) is 26.0 Å². The van der Waals surface area contributed by atoms with E-state index in [9.17, 15) is 0 Å². The van der Waals surface area contributed by atoms with Crippen LogP contribution in [0.1, 0.15) is 13.8 Å². The molecule has 0 saturated carbocycles. The van der Waals surface area contributed by atoms with Crippen molar-refractivity contribution in [3.05, 3.63) is 24.3 Å². The van der Waals surface area contributed by atoms with Crippen LogP contribution in [0.15, 0.2) is 24.3 Å². The van der Waals surface area contributed by atoms with E-state index >= 15 is 0 Å². The summed E-state index contributed by atoms with van der Waals surface area (Å²) in [4.78, 5) is 0. The second-order valence-electron chi connectivity index (χ2n) is 4.94. The van der Waals surface area contributed by atoms with Gasteiger partial charge in [0.2, 0.25) is 0 Å². The molecule has 0 radical (unpaired) electrons. The summed E-state index contributed by atoms with van der Waals surface area (Å²) in [6.45, 7) is 11.2. The summed E-state index contributed by atoms with van der Waals surface area (Å²) in [7, 11) is -1.20. The lowest BCUT2D eigenvalue weighted by atomic mass is 10.3. The molecular weight excluding hydrogens is 188 g/mol. The van der Waals surface area contributed by atoms with Gasteiger partial charge in [0.05, 0.1) is 14.2 Å². The Morgan fingerprint density at radius 1 is 1.14 bits per heavy atom. The van der Waals surface area contributed by atoms with Crippen LogP contribution in [0.5, 0.6) is 5.75 Å². The Balaban J connectivity index is 2.90. The van der Waals surface area contributed by atoms with Crippen LogP contribution >= 0.6 is 0 Å². The first-order valence-corrected chi connectivity index (χ1v) is 8.67. The Bertz CT molecular complexity index is 299. The molecule has 0 aliphatic heterocycles. The summed E-state index contributed by atoms with van der Waals surface area (Å²) in [5, 5.41) is 1.45. The molecule has 0 bridgehead atoms.